The first kappa shape index (κ1) is 32.6. The molecule has 0 aliphatic rings. The maximum atomic E-state index is 14.6. The highest BCUT2D eigenvalue weighted by atomic mass is 32.2. The summed E-state index contributed by atoms with van der Waals surface area (Å²) in [6.45, 7) is 5.85. The van der Waals surface area contributed by atoms with Crippen molar-refractivity contribution in [2.24, 2.45) is 5.92 Å². The summed E-state index contributed by atoms with van der Waals surface area (Å²) in [4.78, 5) is 27.6. The Morgan fingerprint density at radius 2 is 1.57 bits per heavy atom. The van der Waals surface area contributed by atoms with Crippen LogP contribution in [-0.4, -0.2) is 44.3 Å². The Balaban J connectivity index is 2.09. The Labute approximate surface area is 243 Å². The normalized spacial score (nSPS) is 12.6. The quantitative estimate of drug-likeness (QED) is 0.290. The molecule has 0 heterocycles. The van der Waals surface area contributed by atoms with Crippen molar-refractivity contribution in [3.8, 4) is 0 Å². The minimum Gasteiger partial charge on any atom is -0.354 e. The van der Waals surface area contributed by atoms with Crippen LogP contribution >= 0.6 is 0 Å². The van der Waals surface area contributed by atoms with E-state index in [4.69, 9.17) is 0 Å². The van der Waals surface area contributed by atoms with Gasteiger partial charge in [0.2, 0.25) is 11.8 Å². The molecule has 0 spiro atoms. The van der Waals surface area contributed by atoms with Gasteiger partial charge in [0.15, 0.2) is 0 Å². The lowest BCUT2D eigenvalue weighted by Crippen LogP contribution is -2.51. The largest absolute Gasteiger partial charge is 0.416 e. The van der Waals surface area contributed by atoms with E-state index in [2.05, 4.69) is 5.32 Å². The van der Waals surface area contributed by atoms with E-state index in [-0.39, 0.29) is 22.9 Å². The minimum absolute atomic E-state index is 0.0707. The second-order valence-electron chi connectivity index (χ2n) is 10.3. The molecular formula is C30H33F4N3O4S. The summed E-state index contributed by atoms with van der Waals surface area (Å²) in [6.07, 6.45) is -4.78. The van der Waals surface area contributed by atoms with Gasteiger partial charge in [-0.3, -0.25) is 13.9 Å². The van der Waals surface area contributed by atoms with Crippen LogP contribution in [0.4, 0.5) is 23.2 Å². The van der Waals surface area contributed by atoms with Crippen molar-refractivity contribution in [1.29, 1.82) is 0 Å². The highest BCUT2D eigenvalue weighted by Gasteiger charge is 2.35. The molecule has 226 valence electrons. The summed E-state index contributed by atoms with van der Waals surface area (Å²) in [5.41, 5.74) is -0.697. The Kier molecular flexibility index (Phi) is 10.4. The number of nitrogens with zero attached hydrogens (tertiary/aromatic N) is 2. The Morgan fingerprint density at radius 1 is 0.929 bits per heavy atom. The van der Waals surface area contributed by atoms with Gasteiger partial charge in [-0.25, -0.2) is 12.8 Å². The lowest BCUT2D eigenvalue weighted by molar-refractivity contribution is -0.139. The van der Waals surface area contributed by atoms with Crippen LogP contribution in [0.25, 0.3) is 0 Å². The number of hydrogen-bond acceptors (Lipinski definition) is 4. The summed E-state index contributed by atoms with van der Waals surface area (Å²) in [5, 5.41) is 2.70. The second kappa shape index (κ2) is 13.4. The lowest BCUT2D eigenvalue weighted by atomic mass is 10.1. The van der Waals surface area contributed by atoms with E-state index in [1.807, 2.05) is 13.8 Å². The fourth-order valence-electron chi connectivity index (χ4n) is 4.05. The van der Waals surface area contributed by atoms with Gasteiger partial charge in [-0.05, 0) is 56.2 Å². The Hall–Kier alpha value is -3.93. The molecule has 3 aromatic carbocycles. The number of nitrogens with one attached hydrogen (secondary N) is 1. The van der Waals surface area contributed by atoms with Gasteiger partial charge in [-0.2, -0.15) is 13.2 Å². The Bertz CT molecular complexity index is 1510. The number of rotatable bonds is 11. The van der Waals surface area contributed by atoms with Gasteiger partial charge < -0.3 is 10.2 Å². The number of halogens is 4. The number of alkyl halides is 3. The first-order valence-electron chi connectivity index (χ1n) is 13.2. The third-order valence-corrected chi connectivity index (χ3v) is 8.29. The summed E-state index contributed by atoms with van der Waals surface area (Å²) >= 11 is 0. The molecule has 42 heavy (non-hydrogen) atoms. The van der Waals surface area contributed by atoms with E-state index < -0.39 is 57.7 Å². The maximum absolute atomic E-state index is 14.6. The van der Waals surface area contributed by atoms with Gasteiger partial charge in [0, 0.05) is 18.7 Å². The maximum Gasteiger partial charge on any atom is 0.416 e. The van der Waals surface area contributed by atoms with Crippen molar-refractivity contribution in [2.75, 3.05) is 17.4 Å². The average Bonchev–Trinajstić information content (AvgIpc) is 2.93. The van der Waals surface area contributed by atoms with Crippen molar-refractivity contribution in [2.45, 2.75) is 51.4 Å². The zero-order valence-electron chi connectivity index (χ0n) is 23.7. The molecular weight excluding hydrogens is 574 g/mol. The molecule has 3 aromatic rings. The molecule has 0 aliphatic heterocycles. The SMILES string of the molecule is Cc1ccc(S(=O)(=O)N(CC(=O)N(Cc2ccccc2F)[C@@H](C)C(=O)NCC(C)C)c2cccc(C(F)(F)F)c2)cc1. The fourth-order valence-corrected chi connectivity index (χ4v) is 5.45. The number of carbonyl (C=O) groups is 2. The minimum atomic E-state index is -4.78. The van der Waals surface area contributed by atoms with Gasteiger partial charge in [-0.1, -0.05) is 55.8 Å². The number of hydrogen-bond donors (Lipinski definition) is 1. The summed E-state index contributed by atoms with van der Waals surface area (Å²) < 4.78 is 83.5. The zero-order chi connectivity index (χ0) is 31.2. The summed E-state index contributed by atoms with van der Waals surface area (Å²) in [7, 11) is -4.57. The van der Waals surface area contributed by atoms with Gasteiger partial charge in [0.25, 0.3) is 10.0 Å². The van der Waals surface area contributed by atoms with Gasteiger partial charge >= 0.3 is 6.18 Å². The van der Waals surface area contributed by atoms with Gasteiger partial charge in [0.1, 0.15) is 18.4 Å². The molecule has 7 nitrogen and oxygen atoms in total. The van der Waals surface area contributed by atoms with E-state index >= 15 is 0 Å². The van der Waals surface area contributed by atoms with Crippen LogP contribution in [0.5, 0.6) is 0 Å². The van der Waals surface area contributed by atoms with Crippen LogP contribution in [-0.2, 0) is 32.3 Å². The molecule has 1 N–H and O–H groups in total. The van der Waals surface area contributed by atoms with Crippen molar-refractivity contribution in [1.82, 2.24) is 10.2 Å². The monoisotopic (exact) mass is 607 g/mol. The molecule has 0 saturated carbocycles. The predicted octanol–water partition coefficient (Wildman–Crippen LogP) is 5.54. The van der Waals surface area contributed by atoms with Gasteiger partial charge in [-0.15, -0.1) is 0 Å². The summed E-state index contributed by atoms with van der Waals surface area (Å²) in [5.74, 6) is -2.03. The molecule has 0 fully saturated rings. The van der Waals surface area contributed by atoms with Crippen molar-refractivity contribution < 1.29 is 35.6 Å². The third-order valence-electron chi connectivity index (χ3n) is 6.50. The topological polar surface area (TPSA) is 86.8 Å². The number of amides is 2. The number of sulfonamides is 1. The molecule has 2 amide bonds. The zero-order valence-corrected chi connectivity index (χ0v) is 24.5. The molecule has 0 saturated heterocycles. The smallest absolute Gasteiger partial charge is 0.354 e. The number of anilines is 1. The van der Waals surface area contributed by atoms with Crippen molar-refractivity contribution in [3.05, 3.63) is 95.3 Å². The molecule has 0 unspecified atom stereocenters. The number of aryl methyl sites for hydroxylation is 1. The highest BCUT2D eigenvalue weighted by Crippen LogP contribution is 2.33. The fraction of sp³-hybridized carbons (Fsp3) is 0.333. The van der Waals surface area contributed by atoms with Crippen LogP contribution in [0.3, 0.4) is 0 Å². The van der Waals surface area contributed by atoms with E-state index in [1.165, 1.54) is 49.4 Å². The molecule has 0 radical (unpaired) electrons. The van der Waals surface area contributed by atoms with Crippen LogP contribution in [0.2, 0.25) is 0 Å². The third kappa shape index (κ3) is 8.09. The van der Waals surface area contributed by atoms with E-state index in [9.17, 15) is 35.6 Å². The lowest BCUT2D eigenvalue weighted by Gasteiger charge is -2.32. The molecule has 0 aliphatic carbocycles. The molecule has 12 heteroatoms. The van der Waals surface area contributed by atoms with E-state index in [0.717, 1.165) is 28.7 Å². The number of benzene rings is 3. The first-order valence-corrected chi connectivity index (χ1v) is 14.6. The van der Waals surface area contributed by atoms with E-state index in [0.29, 0.717) is 16.9 Å². The van der Waals surface area contributed by atoms with Crippen molar-refractivity contribution >= 4 is 27.5 Å². The molecule has 3 rings (SSSR count). The van der Waals surface area contributed by atoms with Crippen LogP contribution in [0.15, 0.2) is 77.7 Å². The van der Waals surface area contributed by atoms with Gasteiger partial charge in [0.05, 0.1) is 16.1 Å². The first-order chi connectivity index (χ1) is 19.6. The average molecular weight is 608 g/mol. The summed E-state index contributed by atoms with van der Waals surface area (Å²) in [6, 6.07) is 13.6. The van der Waals surface area contributed by atoms with E-state index in [1.54, 1.807) is 13.0 Å². The van der Waals surface area contributed by atoms with Crippen molar-refractivity contribution in [3.63, 3.8) is 0 Å². The highest BCUT2D eigenvalue weighted by molar-refractivity contribution is 7.92. The molecule has 1 atom stereocenters. The second-order valence-corrected chi connectivity index (χ2v) is 12.2. The predicted molar refractivity (Wildman–Crippen MR) is 151 cm³/mol. The molecule has 0 aromatic heterocycles. The molecule has 0 bridgehead atoms. The number of carbonyl (C=O) groups excluding carboxylic acids is 2. The van der Waals surface area contributed by atoms with Crippen LogP contribution in [0.1, 0.15) is 37.5 Å². The standard InChI is InChI=1S/C30H33F4N3O4S/c1-20(2)17-35-29(39)22(4)36(18-23-8-5-6-11-27(23)31)28(38)19-37(25-10-7-9-24(16-25)30(32,33)34)42(40,41)26-14-12-21(3)13-15-26/h5-16,20,22H,17-19H2,1-4H3,(H,35,39)/t22-/m0/s1. The van der Waals surface area contributed by atoms with Crippen LogP contribution < -0.4 is 9.62 Å². The Morgan fingerprint density at radius 3 is 2.17 bits per heavy atom. The van der Waals surface area contributed by atoms with Crippen LogP contribution in [0, 0.1) is 18.7 Å².